The van der Waals surface area contributed by atoms with Crippen LogP contribution in [0, 0.1) is 0 Å². The van der Waals surface area contributed by atoms with Crippen molar-refractivity contribution in [2.24, 2.45) is 5.73 Å². The van der Waals surface area contributed by atoms with E-state index in [2.05, 4.69) is 0 Å². The Kier molecular flexibility index (Phi) is 6.57. The summed E-state index contributed by atoms with van der Waals surface area (Å²) in [6.45, 7) is 0. The number of alkyl halides is 3. The Morgan fingerprint density at radius 3 is 2.28 bits per heavy atom. The minimum absolute atomic E-state index is 0. The number of aromatic hydroxyl groups is 1. The van der Waals surface area contributed by atoms with E-state index >= 15 is 0 Å². The van der Waals surface area contributed by atoms with E-state index in [0.29, 0.717) is 0 Å². The lowest BCUT2D eigenvalue weighted by Gasteiger charge is -2.16. The minimum atomic E-state index is -4.29. The van der Waals surface area contributed by atoms with E-state index in [1.165, 1.54) is 12.1 Å². The van der Waals surface area contributed by atoms with E-state index in [1.54, 1.807) is 0 Å². The maximum Gasteiger partial charge on any atom is 0.389 e. The lowest BCUT2D eigenvalue weighted by molar-refractivity contribution is -0.136. The van der Waals surface area contributed by atoms with Crippen LogP contribution in [0.25, 0.3) is 0 Å². The number of benzene rings is 1. The molecule has 1 atom stereocenters. The van der Waals surface area contributed by atoms with Crippen molar-refractivity contribution in [3.05, 3.63) is 27.7 Å². The zero-order chi connectivity index (χ0) is 13.2. The Balaban J connectivity index is 0.00000289. The molecule has 8 heteroatoms. The van der Waals surface area contributed by atoms with Gasteiger partial charge in [-0.2, -0.15) is 13.2 Å². The van der Waals surface area contributed by atoms with Gasteiger partial charge in [0, 0.05) is 23.0 Å². The van der Waals surface area contributed by atoms with E-state index in [-0.39, 0.29) is 40.2 Å². The molecule has 0 spiro atoms. The summed E-state index contributed by atoms with van der Waals surface area (Å²) in [5, 5.41) is 9.80. The lowest BCUT2D eigenvalue weighted by atomic mass is 10.0. The number of phenolic OH excluding ortho intramolecular Hbond substituents is 1. The number of nitrogens with two attached hydrogens (primary N) is 1. The lowest BCUT2D eigenvalue weighted by Crippen LogP contribution is -2.16. The fraction of sp³-hybridized carbons (Fsp3) is 0.400. The van der Waals surface area contributed by atoms with Crippen molar-refractivity contribution in [2.45, 2.75) is 25.1 Å². The highest BCUT2D eigenvalue weighted by Gasteiger charge is 2.29. The minimum Gasteiger partial charge on any atom is -0.508 e. The highest BCUT2D eigenvalue weighted by molar-refractivity contribution is 6.35. The summed E-state index contributed by atoms with van der Waals surface area (Å²) in [6, 6.07) is 1.53. The third-order valence-electron chi connectivity index (χ3n) is 2.18. The van der Waals surface area contributed by atoms with Crippen molar-refractivity contribution in [1.82, 2.24) is 0 Å². The monoisotopic (exact) mass is 323 g/mol. The largest absolute Gasteiger partial charge is 0.508 e. The Bertz CT molecular complexity index is 389. The summed E-state index contributed by atoms with van der Waals surface area (Å²) in [7, 11) is 0. The Morgan fingerprint density at radius 2 is 1.83 bits per heavy atom. The summed E-state index contributed by atoms with van der Waals surface area (Å²) in [6.07, 6.45) is -5.67. The normalized spacial score (nSPS) is 13.0. The molecule has 0 bridgehead atoms. The summed E-state index contributed by atoms with van der Waals surface area (Å²) >= 11 is 11.4. The molecule has 0 radical (unpaired) electrons. The van der Waals surface area contributed by atoms with Crippen molar-refractivity contribution in [1.29, 1.82) is 0 Å². The topological polar surface area (TPSA) is 46.2 Å². The van der Waals surface area contributed by atoms with Gasteiger partial charge in [0.15, 0.2) is 0 Å². The van der Waals surface area contributed by atoms with E-state index in [4.69, 9.17) is 28.9 Å². The first-order valence-electron chi connectivity index (χ1n) is 4.71. The molecule has 0 unspecified atom stereocenters. The molecule has 3 N–H and O–H groups in total. The summed E-state index contributed by atoms with van der Waals surface area (Å²) in [5.41, 5.74) is 5.65. The molecule has 1 rings (SSSR count). The summed E-state index contributed by atoms with van der Waals surface area (Å²) in [4.78, 5) is 0. The molecule has 1 aromatic rings. The molecule has 104 valence electrons. The van der Waals surface area contributed by atoms with Gasteiger partial charge in [-0.15, -0.1) is 12.4 Å². The second-order valence-electron chi connectivity index (χ2n) is 3.58. The maximum atomic E-state index is 12.0. The number of rotatable bonds is 3. The molecule has 0 aliphatic rings. The molecular formula is C10H11Cl3F3NO. The molecule has 0 heterocycles. The highest BCUT2D eigenvalue weighted by Crippen LogP contribution is 2.36. The number of phenols is 1. The van der Waals surface area contributed by atoms with E-state index in [9.17, 15) is 18.3 Å². The average Bonchev–Trinajstić information content (AvgIpc) is 2.11. The molecule has 1 aromatic carbocycles. The van der Waals surface area contributed by atoms with Crippen molar-refractivity contribution >= 4 is 35.6 Å². The van der Waals surface area contributed by atoms with Crippen LogP contribution in [0.3, 0.4) is 0 Å². The van der Waals surface area contributed by atoms with Gasteiger partial charge in [0.05, 0.1) is 5.02 Å². The quantitative estimate of drug-likeness (QED) is 0.862. The van der Waals surface area contributed by atoms with Gasteiger partial charge in [0.2, 0.25) is 0 Å². The van der Waals surface area contributed by atoms with Crippen LogP contribution >= 0.6 is 35.6 Å². The first-order valence-corrected chi connectivity index (χ1v) is 5.46. The van der Waals surface area contributed by atoms with E-state index < -0.39 is 18.6 Å². The van der Waals surface area contributed by atoms with Crippen molar-refractivity contribution in [2.75, 3.05) is 0 Å². The smallest absolute Gasteiger partial charge is 0.389 e. The first-order chi connectivity index (χ1) is 7.70. The van der Waals surface area contributed by atoms with Crippen LogP contribution in [-0.4, -0.2) is 11.3 Å². The molecule has 0 fully saturated rings. The van der Waals surface area contributed by atoms with Gasteiger partial charge in [0.25, 0.3) is 0 Å². The summed E-state index contributed by atoms with van der Waals surface area (Å²) in [5.74, 6) is -0.294. The van der Waals surface area contributed by atoms with Gasteiger partial charge < -0.3 is 10.8 Å². The predicted octanol–water partition coefficient (Wildman–Crippen LogP) is 4.46. The third-order valence-corrected chi connectivity index (χ3v) is 2.71. The standard InChI is InChI=1S/C10H10Cl2F3NO.ClH/c11-5-3-6(12)9(8(17)4-5)7(16)1-2-10(13,14)15;/h3-4,7,17H,1-2,16H2;1H/t7-;/m0./s1. The Labute approximate surface area is 118 Å². The fourth-order valence-electron chi connectivity index (χ4n) is 1.40. The van der Waals surface area contributed by atoms with Crippen molar-refractivity contribution in [3.63, 3.8) is 0 Å². The highest BCUT2D eigenvalue weighted by atomic mass is 35.5. The van der Waals surface area contributed by atoms with Crippen LogP contribution in [0.4, 0.5) is 13.2 Å². The van der Waals surface area contributed by atoms with Crippen LogP contribution in [-0.2, 0) is 0 Å². The SMILES string of the molecule is Cl.N[C@@H](CCC(F)(F)F)c1c(O)cc(Cl)cc1Cl. The number of hydrogen-bond donors (Lipinski definition) is 2. The molecule has 0 aromatic heterocycles. The number of halogens is 6. The van der Waals surface area contributed by atoms with Gasteiger partial charge in [-0.3, -0.25) is 0 Å². The van der Waals surface area contributed by atoms with E-state index in [0.717, 1.165) is 0 Å². The molecular weight excluding hydrogens is 313 g/mol. The van der Waals surface area contributed by atoms with Gasteiger partial charge in [0.1, 0.15) is 5.75 Å². The second-order valence-corrected chi connectivity index (χ2v) is 4.42. The molecule has 18 heavy (non-hydrogen) atoms. The predicted molar refractivity (Wildman–Crippen MR) is 67.6 cm³/mol. The van der Waals surface area contributed by atoms with Crippen molar-refractivity contribution in [3.8, 4) is 5.75 Å². The second kappa shape index (κ2) is 6.70. The zero-order valence-corrected chi connectivity index (χ0v) is 11.3. The third kappa shape index (κ3) is 5.10. The Morgan fingerprint density at radius 1 is 1.28 bits per heavy atom. The van der Waals surface area contributed by atoms with Gasteiger partial charge in [-0.25, -0.2) is 0 Å². The molecule has 0 amide bonds. The molecule has 0 saturated heterocycles. The molecule has 0 aliphatic heterocycles. The van der Waals surface area contributed by atoms with Gasteiger partial charge in [-0.1, -0.05) is 23.2 Å². The molecule has 0 saturated carbocycles. The fourth-order valence-corrected chi connectivity index (χ4v) is 2.02. The average molecular weight is 325 g/mol. The van der Waals surface area contributed by atoms with Crippen LogP contribution in [0.15, 0.2) is 12.1 Å². The van der Waals surface area contributed by atoms with Crippen LogP contribution in [0.2, 0.25) is 10.0 Å². The molecule has 0 aliphatic carbocycles. The first kappa shape index (κ1) is 17.6. The maximum absolute atomic E-state index is 12.0. The van der Waals surface area contributed by atoms with Gasteiger partial charge in [-0.05, 0) is 18.6 Å². The summed E-state index contributed by atoms with van der Waals surface area (Å²) < 4.78 is 36.1. The van der Waals surface area contributed by atoms with Crippen LogP contribution in [0.5, 0.6) is 5.75 Å². The van der Waals surface area contributed by atoms with Crippen LogP contribution < -0.4 is 5.73 Å². The van der Waals surface area contributed by atoms with E-state index in [1.807, 2.05) is 0 Å². The van der Waals surface area contributed by atoms with Crippen molar-refractivity contribution < 1.29 is 18.3 Å². The van der Waals surface area contributed by atoms with Crippen LogP contribution in [0.1, 0.15) is 24.4 Å². The zero-order valence-electron chi connectivity index (χ0n) is 8.97. The van der Waals surface area contributed by atoms with Gasteiger partial charge >= 0.3 is 6.18 Å². The Hall–Kier alpha value is -0.360. The number of hydrogen-bond acceptors (Lipinski definition) is 2. The molecule has 2 nitrogen and oxygen atoms in total.